The third-order valence-corrected chi connectivity index (χ3v) is 5.79. The molecule has 1 aliphatic heterocycles. The first-order valence-electron chi connectivity index (χ1n) is 9.48. The number of aromatic nitrogens is 3. The van der Waals surface area contributed by atoms with Gasteiger partial charge in [0.25, 0.3) is 0 Å². The van der Waals surface area contributed by atoms with Gasteiger partial charge < -0.3 is 5.32 Å². The average molecular weight is 377 g/mol. The molecule has 0 fully saturated rings. The van der Waals surface area contributed by atoms with Gasteiger partial charge in [0.05, 0.1) is 12.2 Å². The molecule has 3 aromatic rings. The molecule has 1 N–H and O–H groups in total. The van der Waals surface area contributed by atoms with Crippen LogP contribution in [-0.2, 0) is 13.1 Å². The van der Waals surface area contributed by atoms with Crippen LogP contribution in [0.1, 0.15) is 48.0 Å². The fourth-order valence-electron chi connectivity index (χ4n) is 4.18. The Balaban J connectivity index is 1.50. The summed E-state index contributed by atoms with van der Waals surface area (Å²) >= 11 is 6.22. The molecule has 1 atom stereocenters. The van der Waals surface area contributed by atoms with Crippen LogP contribution < -0.4 is 5.32 Å². The van der Waals surface area contributed by atoms with E-state index in [4.69, 9.17) is 11.6 Å². The highest BCUT2D eigenvalue weighted by molar-refractivity contribution is 6.30. The second-order valence-electron chi connectivity index (χ2n) is 7.25. The van der Waals surface area contributed by atoms with E-state index in [1.807, 2.05) is 12.1 Å². The lowest BCUT2D eigenvalue weighted by Gasteiger charge is -2.23. The Morgan fingerprint density at radius 2 is 1.93 bits per heavy atom. The fraction of sp³-hybridized carbons (Fsp3) is 0.273. The highest BCUT2D eigenvalue weighted by Gasteiger charge is 2.26. The van der Waals surface area contributed by atoms with Gasteiger partial charge in [-0.3, -0.25) is 4.57 Å². The molecule has 4 nitrogen and oxygen atoms in total. The summed E-state index contributed by atoms with van der Waals surface area (Å²) in [6.45, 7) is 1.51. The summed E-state index contributed by atoms with van der Waals surface area (Å²) in [5.74, 6) is 2.44. The predicted octanol–water partition coefficient (Wildman–Crippen LogP) is 4.88. The number of benzene rings is 2. The molecule has 0 bridgehead atoms. The van der Waals surface area contributed by atoms with Gasteiger partial charge in [0.2, 0.25) is 0 Å². The topological polar surface area (TPSA) is 42.7 Å². The molecule has 0 radical (unpaired) electrons. The maximum Gasteiger partial charge on any atom is 0.151 e. The molecule has 2 heterocycles. The monoisotopic (exact) mass is 376 g/mol. The van der Waals surface area contributed by atoms with Crippen molar-refractivity contribution in [3.63, 3.8) is 0 Å². The molecule has 5 heteroatoms. The van der Waals surface area contributed by atoms with Gasteiger partial charge in [-0.1, -0.05) is 48.0 Å². The van der Waals surface area contributed by atoms with E-state index in [1.54, 1.807) is 0 Å². The number of nitrogens with one attached hydrogen (secondary N) is 1. The number of hydrogen-bond acceptors (Lipinski definition) is 3. The Morgan fingerprint density at radius 3 is 2.74 bits per heavy atom. The van der Waals surface area contributed by atoms with Crippen LogP contribution in [0.5, 0.6) is 0 Å². The van der Waals surface area contributed by atoms with E-state index in [9.17, 15) is 0 Å². The molecule has 1 aliphatic carbocycles. The third-order valence-electron chi connectivity index (χ3n) is 5.56. The lowest BCUT2D eigenvalue weighted by Crippen LogP contribution is -2.13. The SMILES string of the molecule is Clc1ccc2c(c1)CNCc1nnc(C3CC=C(c4ccccc4)CC3)n1-2. The van der Waals surface area contributed by atoms with Gasteiger partial charge in [-0.25, -0.2) is 0 Å². The van der Waals surface area contributed by atoms with Gasteiger partial charge in [0, 0.05) is 17.5 Å². The molecule has 5 rings (SSSR count). The first-order valence-corrected chi connectivity index (χ1v) is 9.85. The average Bonchev–Trinajstić information content (AvgIpc) is 3.04. The maximum atomic E-state index is 6.22. The van der Waals surface area contributed by atoms with Crippen molar-refractivity contribution >= 4 is 17.2 Å². The Bertz CT molecular complexity index is 1010. The van der Waals surface area contributed by atoms with E-state index in [1.165, 1.54) is 16.7 Å². The second kappa shape index (κ2) is 6.95. The molecule has 1 aromatic heterocycles. The van der Waals surface area contributed by atoms with Crippen molar-refractivity contribution in [1.29, 1.82) is 0 Å². The number of rotatable bonds is 2. The third kappa shape index (κ3) is 3.09. The zero-order chi connectivity index (χ0) is 18.2. The molecule has 0 saturated heterocycles. The van der Waals surface area contributed by atoms with Crippen molar-refractivity contribution in [2.75, 3.05) is 0 Å². The van der Waals surface area contributed by atoms with Crippen LogP contribution in [0, 0.1) is 0 Å². The Labute approximate surface area is 163 Å². The van der Waals surface area contributed by atoms with E-state index >= 15 is 0 Å². The van der Waals surface area contributed by atoms with Gasteiger partial charge in [-0.05, 0) is 54.2 Å². The number of nitrogens with zero attached hydrogens (tertiary/aromatic N) is 3. The fourth-order valence-corrected chi connectivity index (χ4v) is 4.37. The number of halogens is 1. The van der Waals surface area contributed by atoms with Crippen LogP contribution >= 0.6 is 11.6 Å². The highest BCUT2D eigenvalue weighted by Crippen LogP contribution is 2.37. The van der Waals surface area contributed by atoms with Crippen LogP contribution in [0.3, 0.4) is 0 Å². The summed E-state index contributed by atoms with van der Waals surface area (Å²) in [7, 11) is 0. The summed E-state index contributed by atoms with van der Waals surface area (Å²) in [5.41, 5.74) is 5.12. The molecule has 0 spiro atoms. The molecule has 0 amide bonds. The summed E-state index contributed by atoms with van der Waals surface area (Å²) in [6.07, 6.45) is 5.54. The van der Waals surface area contributed by atoms with E-state index in [0.717, 1.165) is 54.7 Å². The van der Waals surface area contributed by atoms with Gasteiger partial charge in [0.1, 0.15) is 5.82 Å². The first kappa shape index (κ1) is 16.7. The molecular weight excluding hydrogens is 356 g/mol. The van der Waals surface area contributed by atoms with Gasteiger partial charge >= 0.3 is 0 Å². The van der Waals surface area contributed by atoms with Crippen molar-refractivity contribution in [3.8, 4) is 5.69 Å². The quantitative estimate of drug-likeness (QED) is 0.693. The molecule has 27 heavy (non-hydrogen) atoms. The normalized spacial score (nSPS) is 19.0. The van der Waals surface area contributed by atoms with E-state index in [-0.39, 0.29) is 0 Å². The van der Waals surface area contributed by atoms with E-state index < -0.39 is 0 Å². The van der Waals surface area contributed by atoms with Crippen LogP contribution in [-0.4, -0.2) is 14.8 Å². The molecule has 2 aliphatic rings. The van der Waals surface area contributed by atoms with Crippen molar-refractivity contribution in [2.45, 2.75) is 38.3 Å². The second-order valence-corrected chi connectivity index (χ2v) is 7.69. The van der Waals surface area contributed by atoms with Crippen molar-refractivity contribution < 1.29 is 0 Å². The minimum atomic E-state index is 0.389. The summed E-state index contributed by atoms with van der Waals surface area (Å²) in [6, 6.07) is 16.8. The van der Waals surface area contributed by atoms with Crippen LogP contribution in [0.15, 0.2) is 54.6 Å². The zero-order valence-electron chi connectivity index (χ0n) is 15.0. The smallest absolute Gasteiger partial charge is 0.151 e. The van der Waals surface area contributed by atoms with Gasteiger partial charge in [-0.2, -0.15) is 0 Å². The number of hydrogen-bond donors (Lipinski definition) is 1. The maximum absolute atomic E-state index is 6.22. The lowest BCUT2D eigenvalue weighted by atomic mass is 9.86. The zero-order valence-corrected chi connectivity index (χ0v) is 15.8. The van der Waals surface area contributed by atoms with Crippen LogP contribution in [0.25, 0.3) is 11.3 Å². The Hall–Kier alpha value is -2.43. The van der Waals surface area contributed by atoms with Gasteiger partial charge in [0.15, 0.2) is 5.82 Å². The molecule has 2 aromatic carbocycles. The standard InChI is InChI=1S/C22H21ClN4/c23-19-10-11-20-18(12-19)13-24-14-21-25-26-22(27(20)21)17-8-6-16(7-9-17)15-4-2-1-3-5-15/h1-6,10-12,17,24H,7-9,13-14H2. The van der Waals surface area contributed by atoms with E-state index in [0.29, 0.717) is 5.92 Å². The Morgan fingerprint density at radius 1 is 1.04 bits per heavy atom. The Kier molecular flexibility index (Phi) is 4.30. The molecule has 1 unspecified atom stereocenters. The van der Waals surface area contributed by atoms with Crippen molar-refractivity contribution in [3.05, 3.63) is 82.4 Å². The largest absolute Gasteiger partial charge is 0.306 e. The number of fused-ring (bicyclic) bond motifs is 3. The highest BCUT2D eigenvalue weighted by atomic mass is 35.5. The summed E-state index contributed by atoms with van der Waals surface area (Å²) < 4.78 is 2.25. The molecular formula is C22H21ClN4. The molecule has 136 valence electrons. The van der Waals surface area contributed by atoms with Crippen LogP contribution in [0.2, 0.25) is 5.02 Å². The predicted molar refractivity (Wildman–Crippen MR) is 108 cm³/mol. The van der Waals surface area contributed by atoms with Crippen molar-refractivity contribution in [1.82, 2.24) is 20.1 Å². The minimum Gasteiger partial charge on any atom is -0.306 e. The van der Waals surface area contributed by atoms with Crippen molar-refractivity contribution in [2.24, 2.45) is 0 Å². The summed E-state index contributed by atoms with van der Waals surface area (Å²) in [5, 5.41) is 13.3. The van der Waals surface area contributed by atoms with Gasteiger partial charge in [-0.15, -0.1) is 10.2 Å². The van der Waals surface area contributed by atoms with E-state index in [2.05, 4.69) is 62.6 Å². The van der Waals surface area contributed by atoms with Crippen LogP contribution in [0.4, 0.5) is 0 Å². The first-order chi connectivity index (χ1) is 13.3. The number of allylic oxidation sites excluding steroid dienone is 2. The minimum absolute atomic E-state index is 0.389. The molecule has 0 saturated carbocycles. The summed E-state index contributed by atoms with van der Waals surface area (Å²) in [4.78, 5) is 0. The lowest BCUT2D eigenvalue weighted by molar-refractivity contribution is 0.576.